The molecule has 5 nitrogen and oxygen atoms in total. The van der Waals surface area contributed by atoms with Crippen molar-refractivity contribution in [3.05, 3.63) is 35.5 Å². The van der Waals surface area contributed by atoms with Crippen LogP contribution in [0.25, 0.3) is 5.69 Å². The molecule has 16 heavy (non-hydrogen) atoms. The number of nitrogens with one attached hydrogen (secondary N) is 1. The van der Waals surface area contributed by atoms with E-state index in [0.29, 0.717) is 11.5 Å². The molecule has 0 aliphatic carbocycles. The van der Waals surface area contributed by atoms with Crippen molar-refractivity contribution >= 4 is 5.82 Å². The highest BCUT2D eigenvalue weighted by Gasteiger charge is 2.21. The highest BCUT2D eigenvalue weighted by molar-refractivity contribution is 5.55. The Morgan fingerprint density at radius 2 is 2.12 bits per heavy atom. The number of phenols is 1. The van der Waals surface area contributed by atoms with Crippen molar-refractivity contribution in [1.29, 1.82) is 0 Å². The molecule has 0 fully saturated rings. The van der Waals surface area contributed by atoms with Gasteiger partial charge in [-0.25, -0.2) is 4.68 Å². The van der Waals surface area contributed by atoms with Crippen molar-refractivity contribution < 1.29 is 5.11 Å². The van der Waals surface area contributed by atoms with E-state index in [0.717, 1.165) is 24.3 Å². The summed E-state index contributed by atoms with van der Waals surface area (Å²) in [6, 6.07) is 7.04. The van der Waals surface area contributed by atoms with Crippen LogP contribution in [-0.2, 0) is 13.1 Å². The minimum absolute atomic E-state index is 0.184. The fraction of sp³-hybridized carbons (Fsp3) is 0.182. The van der Waals surface area contributed by atoms with E-state index in [4.69, 9.17) is 5.73 Å². The molecule has 1 aliphatic rings. The standard InChI is InChI=1S/C11H12N4O/c12-11-7-5-13-6-8(7)14-15(11)9-3-1-2-4-10(9)16/h1-4,13,16H,5-6,12H2. The zero-order chi connectivity index (χ0) is 11.1. The first-order valence-electron chi connectivity index (χ1n) is 5.12. The van der Waals surface area contributed by atoms with E-state index in [9.17, 15) is 5.11 Å². The van der Waals surface area contributed by atoms with E-state index in [2.05, 4.69) is 10.4 Å². The Balaban J connectivity index is 2.18. The van der Waals surface area contributed by atoms with Gasteiger partial charge in [0.25, 0.3) is 0 Å². The summed E-state index contributed by atoms with van der Waals surface area (Å²) in [4.78, 5) is 0. The average Bonchev–Trinajstić information content (AvgIpc) is 2.83. The van der Waals surface area contributed by atoms with Gasteiger partial charge in [0.05, 0.1) is 5.69 Å². The Bertz CT molecular complexity index is 547. The first-order chi connectivity index (χ1) is 7.77. The number of nitrogen functional groups attached to an aromatic ring is 1. The van der Waals surface area contributed by atoms with Gasteiger partial charge >= 0.3 is 0 Å². The number of rotatable bonds is 1. The molecule has 0 bridgehead atoms. The quantitative estimate of drug-likeness (QED) is 0.658. The topological polar surface area (TPSA) is 76.1 Å². The van der Waals surface area contributed by atoms with Gasteiger partial charge in [-0.15, -0.1) is 0 Å². The highest BCUT2D eigenvalue weighted by Crippen LogP contribution is 2.28. The minimum Gasteiger partial charge on any atom is -0.506 e. The van der Waals surface area contributed by atoms with Gasteiger partial charge in [-0.05, 0) is 12.1 Å². The number of hydrogen-bond acceptors (Lipinski definition) is 4. The molecule has 0 saturated carbocycles. The summed E-state index contributed by atoms with van der Waals surface area (Å²) >= 11 is 0. The molecule has 0 saturated heterocycles. The first-order valence-corrected chi connectivity index (χ1v) is 5.12. The van der Waals surface area contributed by atoms with Crippen molar-refractivity contribution in [3.63, 3.8) is 0 Å². The smallest absolute Gasteiger partial charge is 0.141 e. The number of nitrogens with zero attached hydrogens (tertiary/aromatic N) is 2. The predicted molar refractivity (Wildman–Crippen MR) is 60.2 cm³/mol. The summed E-state index contributed by atoms with van der Waals surface area (Å²) in [6.45, 7) is 1.48. The molecule has 5 heteroatoms. The number of anilines is 1. The molecule has 0 amide bonds. The molecule has 3 rings (SSSR count). The number of fused-ring (bicyclic) bond motifs is 1. The maximum absolute atomic E-state index is 9.75. The Labute approximate surface area is 92.5 Å². The van der Waals surface area contributed by atoms with Gasteiger partial charge in [-0.1, -0.05) is 12.1 Å². The summed E-state index contributed by atoms with van der Waals surface area (Å²) in [6.07, 6.45) is 0. The van der Waals surface area contributed by atoms with E-state index in [1.165, 1.54) is 0 Å². The molecular formula is C11H12N4O. The first kappa shape index (κ1) is 9.23. The Kier molecular flexibility index (Phi) is 1.87. The molecule has 1 aromatic carbocycles. The fourth-order valence-electron chi connectivity index (χ4n) is 1.98. The van der Waals surface area contributed by atoms with Crippen LogP contribution in [0.3, 0.4) is 0 Å². The summed E-state index contributed by atoms with van der Waals surface area (Å²) in [7, 11) is 0. The molecule has 1 aromatic heterocycles. The van der Waals surface area contributed by atoms with Crippen LogP contribution >= 0.6 is 0 Å². The van der Waals surface area contributed by atoms with E-state index >= 15 is 0 Å². The third-order valence-corrected chi connectivity index (χ3v) is 2.81. The monoisotopic (exact) mass is 216 g/mol. The largest absolute Gasteiger partial charge is 0.506 e. The number of para-hydroxylation sites is 2. The van der Waals surface area contributed by atoms with E-state index in [-0.39, 0.29) is 5.75 Å². The molecule has 2 heterocycles. The van der Waals surface area contributed by atoms with Gasteiger partial charge in [-0.2, -0.15) is 5.10 Å². The van der Waals surface area contributed by atoms with Crippen molar-refractivity contribution in [2.75, 3.05) is 5.73 Å². The normalized spacial score (nSPS) is 14.0. The molecule has 0 radical (unpaired) electrons. The lowest BCUT2D eigenvalue weighted by Gasteiger charge is -2.07. The third kappa shape index (κ3) is 1.18. The Hall–Kier alpha value is -2.01. The number of phenolic OH excluding ortho intramolecular Hbond substituents is 1. The molecule has 0 atom stereocenters. The summed E-state index contributed by atoms with van der Waals surface area (Å²) in [5.41, 5.74) is 8.61. The number of hydrogen-bond donors (Lipinski definition) is 3. The second-order valence-electron chi connectivity index (χ2n) is 3.81. The van der Waals surface area contributed by atoms with Crippen molar-refractivity contribution in [2.24, 2.45) is 0 Å². The Morgan fingerprint density at radius 3 is 2.88 bits per heavy atom. The fourth-order valence-corrected chi connectivity index (χ4v) is 1.98. The zero-order valence-electron chi connectivity index (χ0n) is 8.64. The van der Waals surface area contributed by atoms with Gasteiger partial charge < -0.3 is 16.2 Å². The molecule has 0 unspecified atom stereocenters. The number of nitrogens with two attached hydrogens (primary N) is 1. The van der Waals surface area contributed by atoms with Crippen molar-refractivity contribution in [3.8, 4) is 11.4 Å². The van der Waals surface area contributed by atoms with Crippen LogP contribution in [0.15, 0.2) is 24.3 Å². The van der Waals surface area contributed by atoms with Crippen molar-refractivity contribution in [2.45, 2.75) is 13.1 Å². The van der Waals surface area contributed by atoms with Crippen molar-refractivity contribution in [1.82, 2.24) is 15.1 Å². The number of aromatic nitrogens is 2. The maximum atomic E-state index is 9.75. The number of benzene rings is 1. The van der Waals surface area contributed by atoms with Gasteiger partial charge in [0.2, 0.25) is 0 Å². The second-order valence-corrected chi connectivity index (χ2v) is 3.81. The lowest BCUT2D eigenvalue weighted by Crippen LogP contribution is -2.09. The van der Waals surface area contributed by atoms with Crippen LogP contribution in [0.5, 0.6) is 5.75 Å². The van der Waals surface area contributed by atoms with Gasteiger partial charge in [0.15, 0.2) is 0 Å². The molecule has 0 spiro atoms. The van der Waals surface area contributed by atoms with Crippen LogP contribution < -0.4 is 11.1 Å². The van der Waals surface area contributed by atoms with Crippen LogP contribution in [-0.4, -0.2) is 14.9 Å². The summed E-state index contributed by atoms with van der Waals surface area (Å²) < 4.78 is 1.60. The third-order valence-electron chi connectivity index (χ3n) is 2.81. The lowest BCUT2D eigenvalue weighted by atomic mass is 10.2. The van der Waals surface area contributed by atoms with Crippen LogP contribution in [0.2, 0.25) is 0 Å². The van der Waals surface area contributed by atoms with E-state index in [1.54, 1.807) is 22.9 Å². The van der Waals surface area contributed by atoms with Crippen LogP contribution in [0.1, 0.15) is 11.3 Å². The van der Waals surface area contributed by atoms with E-state index < -0.39 is 0 Å². The zero-order valence-corrected chi connectivity index (χ0v) is 8.64. The predicted octanol–water partition coefficient (Wildman–Crippen LogP) is 0.763. The van der Waals surface area contributed by atoms with Gasteiger partial charge in [0, 0.05) is 18.7 Å². The second kappa shape index (κ2) is 3.24. The molecule has 4 N–H and O–H groups in total. The average molecular weight is 216 g/mol. The lowest BCUT2D eigenvalue weighted by molar-refractivity contribution is 0.470. The molecule has 82 valence electrons. The van der Waals surface area contributed by atoms with Crippen LogP contribution in [0, 0.1) is 0 Å². The minimum atomic E-state index is 0.184. The van der Waals surface area contributed by atoms with Gasteiger partial charge in [0.1, 0.15) is 17.3 Å². The molecular weight excluding hydrogens is 204 g/mol. The van der Waals surface area contributed by atoms with Crippen LogP contribution in [0.4, 0.5) is 5.82 Å². The number of aromatic hydroxyl groups is 1. The van der Waals surface area contributed by atoms with E-state index in [1.807, 2.05) is 6.07 Å². The maximum Gasteiger partial charge on any atom is 0.141 e. The SMILES string of the molecule is Nc1c2c(nn1-c1ccccc1O)CNC2. The highest BCUT2D eigenvalue weighted by atomic mass is 16.3. The van der Waals surface area contributed by atoms with Gasteiger partial charge in [-0.3, -0.25) is 0 Å². The molecule has 2 aromatic rings. The summed E-state index contributed by atoms with van der Waals surface area (Å²) in [5, 5.41) is 17.3. The summed E-state index contributed by atoms with van der Waals surface area (Å²) in [5.74, 6) is 0.782. The molecule has 1 aliphatic heterocycles. The Morgan fingerprint density at radius 1 is 1.31 bits per heavy atom.